The summed E-state index contributed by atoms with van der Waals surface area (Å²) < 4.78 is 27.0. The van der Waals surface area contributed by atoms with Crippen LogP contribution in [-0.2, 0) is 10.0 Å². The van der Waals surface area contributed by atoms with Crippen molar-refractivity contribution in [2.24, 2.45) is 0 Å². The molecule has 1 saturated carbocycles. The zero-order chi connectivity index (χ0) is 13.3. The first-order valence-electron chi connectivity index (χ1n) is 5.82. The number of pyridine rings is 1. The summed E-state index contributed by atoms with van der Waals surface area (Å²) in [7, 11) is -1.94. The standard InChI is InChI=1S/C11H16BrN3O2S/c1-15(9-4-2-3-5-9)18(16,17)10-6-8(12)7-14-11(10)13/h6-7,9H,2-5H2,1H3,(H2,13,14). The van der Waals surface area contributed by atoms with E-state index in [4.69, 9.17) is 5.73 Å². The van der Waals surface area contributed by atoms with Gasteiger partial charge in [0, 0.05) is 23.8 Å². The molecule has 0 spiro atoms. The lowest BCUT2D eigenvalue weighted by Crippen LogP contribution is -2.35. The third-order valence-corrected chi connectivity index (χ3v) is 5.72. The lowest BCUT2D eigenvalue weighted by molar-refractivity contribution is 0.373. The number of nitrogens with zero attached hydrogens (tertiary/aromatic N) is 2. The molecule has 0 bridgehead atoms. The van der Waals surface area contributed by atoms with E-state index in [0.717, 1.165) is 25.7 Å². The van der Waals surface area contributed by atoms with Crippen molar-refractivity contribution in [2.75, 3.05) is 12.8 Å². The van der Waals surface area contributed by atoms with Crippen LogP contribution in [0.3, 0.4) is 0 Å². The predicted molar refractivity (Wildman–Crippen MR) is 73.6 cm³/mol. The maximum absolute atomic E-state index is 12.5. The highest BCUT2D eigenvalue weighted by Gasteiger charge is 2.31. The Balaban J connectivity index is 2.37. The van der Waals surface area contributed by atoms with Crippen LogP contribution in [0.1, 0.15) is 25.7 Å². The molecule has 1 aromatic heterocycles. The fourth-order valence-electron chi connectivity index (χ4n) is 2.26. The van der Waals surface area contributed by atoms with Crippen LogP contribution in [0.15, 0.2) is 21.6 Å². The lowest BCUT2D eigenvalue weighted by atomic mass is 10.3. The van der Waals surface area contributed by atoms with E-state index in [9.17, 15) is 8.42 Å². The van der Waals surface area contributed by atoms with Crippen molar-refractivity contribution >= 4 is 31.8 Å². The number of sulfonamides is 1. The fraction of sp³-hybridized carbons (Fsp3) is 0.545. The summed E-state index contributed by atoms with van der Waals surface area (Å²) in [5, 5.41) is 0. The summed E-state index contributed by atoms with van der Waals surface area (Å²) in [5.74, 6) is 0.0445. The predicted octanol–water partition coefficient (Wildman–Crippen LogP) is 1.99. The van der Waals surface area contributed by atoms with Crippen LogP contribution in [0.25, 0.3) is 0 Å². The van der Waals surface area contributed by atoms with E-state index in [1.807, 2.05) is 0 Å². The Morgan fingerprint density at radius 1 is 1.44 bits per heavy atom. The SMILES string of the molecule is CN(C1CCCC1)S(=O)(=O)c1cc(Br)cnc1N. The molecule has 2 N–H and O–H groups in total. The normalized spacial score (nSPS) is 17.5. The molecule has 18 heavy (non-hydrogen) atoms. The molecular weight excluding hydrogens is 318 g/mol. The van der Waals surface area contributed by atoms with E-state index in [1.54, 1.807) is 7.05 Å². The Bertz CT molecular complexity index is 541. The number of hydrogen-bond donors (Lipinski definition) is 1. The van der Waals surface area contributed by atoms with Gasteiger partial charge in [-0.3, -0.25) is 0 Å². The summed E-state index contributed by atoms with van der Waals surface area (Å²) in [4.78, 5) is 3.95. The van der Waals surface area contributed by atoms with Crippen LogP contribution in [0.5, 0.6) is 0 Å². The molecule has 1 aromatic rings. The molecule has 0 radical (unpaired) electrons. The molecule has 0 amide bonds. The van der Waals surface area contributed by atoms with Gasteiger partial charge in [0.05, 0.1) is 0 Å². The first kappa shape index (κ1) is 13.8. The quantitative estimate of drug-likeness (QED) is 0.917. The highest BCUT2D eigenvalue weighted by Crippen LogP contribution is 2.29. The van der Waals surface area contributed by atoms with Crippen LogP contribution in [-0.4, -0.2) is 30.8 Å². The molecule has 5 nitrogen and oxygen atoms in total. The topological polar surface area (TPSA) is 76.3 Å². The van der Waals surface area contributed by atoms with Crippen LogP contribution in [0.4, 0.5) is 5.82 Å². The van der Waals surface area contributed by atoms with Gasteiger partial charge in [-0.05, 0) is 34.8 Å². The Morgan fingerprint density at radius 2 is 2.06 bits per heavy atom. The second-order valence-electron chi connectivity index (χ2n) is 4.50. The van der Waals surface area contributed by atoms with Gasteiger partial charge in [0.2, 0.25) is 10.0 Å². The van der Waals surface area contributed by atoms with Gasteiger partial charge in [0.1, 0.15) is 10.7 Å². The number of aromatic nitrogens is 1. The highest BCUT2D eigenvalue weighted by molar-refractivity contribution is 9.10. The zero-order valence-corrected chi connectivity index (χ0v) is 12.5. The van der Waals surface area contributed by atoms with Crippen LogP contribution >= 0.6 is 15.9 Å². The van der Waals surface area contributed by atoms with Crippen molar-refractivity contribution in [3.05, 3.63) is 16.7 Å². The van der Waals surface area contributed by atoms with Gasteiger partial charge >= 0.3 is 0 Å². The van der Waals surface area contributed by atoms with Gasteiger partial charge in [-0.25, -0.2) is 13.4 Å². The van der Waals surface area contributed by atoms with E-state index >= 15 is 0 Å². The van der Waals surface area contributed by atoms with Crippen molar-refractivity contribution in [2.45, 2.75) is 36.6 Å². The van der Waals surface area contributed by atoms with Crippen molar-refractivity contribution in [1.29, 1.82) is 0 Å². The lowest BCUT2D eigenvalue weighted by Gasteiger charge is -2.24. The van der Waals surface area contributed by atoms with Gasteiger partial charge < -0.3 is 5.73 Å². The third kappa shape index (κ3) is 2.53. The van der Waals surface area contributed by atoms with E-state index in [1.165, 1.54) is 16.6 Å². The molecule has 0 atom stereocenters. The Labute approximate surface area is 116 Å². The first-order chi connectivity index (χ1) is 8.43. The van der Waals surface area contributed by atoms with Crippen LogP contribution in [0.2, 0.25) is 0 Å². The number of rotatable bonds is 3. The molecule has 0 unspecified atom stereocenters. The average Bonchev–Trinajstić information content (AvgIpc) is 2.84. The molecule has 0 aliphatic heterocycles. The Kier molecular flexibility index (Phi) is 3.93. The van der Waals surface area contributed by atoms with E-state index < -0.39 is 10.0 Å². The summed E-state index contributed by atoms with van der Waals surface area (Å²) in [6.45, 7) is 0. The summed E-state index contributed by atoms with van der Waals surface area (Å²) in [6, 6.07) is 1.58. The molecule has 2 rings (SSSR count). The van der Waals surface area contributed by atoms with Crippen LogP contribution in [0, 0.1) is 0 Å². The van der Waals surface area contributed by atoms with Crippen LogP contribution < -0.4 is 5.73 Å². The second kappa shape index (κ2) is 5.14. The molecule has 1 aliphatic carbocycles. The largest absolute Gasteiger partial charge is 0.383 e. The van der Waals surface area contributed by atoms with Gasteiger partial charge in [-0.2, -0.15) is 4.31 Å². The number of halogens is 1. The first-order valence-corrected chi connectivity index (χ1v) is 8.05. The smallest absolute Gasteiger partial charge is 0.246 e. The van der Waals surface area contributed by atoms with Crippen molar-refractivity contribution in [3.8, 4) is 0 Å². The maximum atomic E-state index is 12.5. The summed E-state index contributed by atoms with van der Waals surface area (Å²) >= 11 is 3.22. The monoisotopic (exact) mass is 333 g/mol. The number of nitrogens with two attached hydrogens (primary N) is 1. The van der Waals surface area contributed by atoms with Gasteiger partial charge in [-0.1, -0.05) is 12.8 Å². The average molecular weight is 334 g/mol. The fourth-order valence-corrected chi connectivity index (χ4v) is 4.25. The molecule has 0 saturated heterocycles. The van der Waals surface area contributed by atoms with E-state index in [2.05, 4.69) is 20.9 Å². The van der Waals surface area contributed by atoms with Gasteiger partial charge in [0.15, 0.2) is 0 Å². The highest BCUT2D eigenvalue weighted by atomic mass is 79.9. The van der Waals surface area contributed by atoms with Crippen molar-refractivity contribution in [1.82, 2.24) is 9.29 Å². The number of hydrogen-bond acceptors (Lipinski definition) is 4. The summed E-state index contributed by atoms with van der Waals surface area (Å²) in [6.07, 6.45) is 5.48. The van der Waals surface area contributed by atoms with Gasteiger partial charge in [-0.15, -0.1) is 0 Å². The zero-order valence-electron chi connectivity index (χ0n) is 10.1. The van der Waals surface area contributed by atoms with E-state index in [-0.39, 0.29) is 16.8 Å². The minimum atomic E-state index is -3.56. The minimum Gasteiger partial charge on any atom is -0.383 e. The Hall–Kier alpha value is -0.660. The third-order valence-electron chi connectivity index (χ3n) is 3.34. The summed E-state index contributed by atoms with van der Waals surface area (Å²) in [5.41, 5.74) is 5.67. The maximum Gasteiger partial charge on any atom is 0.246 e. The molecular formula is C11H16BrN3O2S. The van der Waals surface area contributed by atoms with Gasteiger partial charge in [0.25, 0.3) is 0 Å². The van der Waals surface area contributed by atoms with Crippen molar-refractivity contribution < 1.29 is 8.42 Å². The van der Waals surface area contributed by atoms with E-state index in [0.29, 0.717) is 4.47 Å². The molecule has 1 fully saturated rings. The Morgan fingerprint density at radius 3 is 2.67 bits per heavy atom. The molecule has 7 heteroatoms. The molecule has 100 valence electrons. The molecule has 0 aromatic carbocycles. The molecule has 1 heterocycles. The molecule has 1 aliphatic rings. The van der Waals surface area contributed by atoms with Crippen molar-refractivity contribution in [3.63, 3.8) is 0 Å². The number of anilines is 1. The second-order valence-corrected chi connectivity index (χ2v) is 7.38. The number of nitrogen functional groups attached to an aromatic ring is 1. The minimum absolute atomic E-state index is 0.0445.